The Morgan fingerprint density at radius 3 is 2.95 bits per heavy atom. The van der Waals surface area contributed by atoms with Crippen LogP contribution in [0.3, 0.4) is 0 Å². The summed E-state index contributed by atoms with van der Waals surface area (Å²) in [6.45, 7) is 3.31. The highest BCUT2D eigenvalue weighted by molar-refractivity contribution is 6.04. The van der Waals surface area contributed by atoms with E-state index in [1.807, 2.05) is 6.92 Å². The van der Waals surface area contributed by atoms with Crippen LogP contribution in [-0.2, 0) is 9.47 Å². The summed E-state index contributed by atoms with van der Waals surface area (Å²) < 4.78 is 10.9. The summed E-state index contributed by atoms with van der Waals surface area (Å²) in [6.07, 6.45) is -0.164. The molecule has 1 aromatic carbocycles. The van der Waals surface area contributed by atoms with Gasteiger partial charge in [-0.1, -0.05) is 18.2 Å². The van der Waals surface area contributed by atoms with Gasteiger partial charge >= 0.3 is 0 Å². The van der Waals surface area contributed by atoms with Crippen LogP contribution in [0.25, 0.3) is 10.8 Å². The SMILES string of the molecule is CCO[C@@H]1COC[C@H]1NC(=O)c1n[nH]c(=O)c2ccccc12. The minimum Gasteiger partial charge on any atom is -0.376 e. The second kappa shape index (κ2) is 6.25. The number of hydrogen-bond donors (Lipinski definition) is 2. The van der Waals surface area contributed by atoms with E-state index < -0.39 is 0 Å². The average Bonchev–Trinajstić information content (AvgIpc) is 2.95. The highest BCUT2D eigenvalue weighted by Gasteiger charge is 2.31. The molecule has 2 aromatic rings. The van der Waals surface area contributed by atoms with E-state index in [0.29, 0.717) is 30.6 Å². The van der Waals surface area contributed by atoms with Gasteiger partial charge in [0.1, 0.15) is 6.10 Å². The zero-order valence-electron chi connectivity index (χ0n) is 12.2. The van der Waals surface area contributed by atoms with Gasteiger partial charge in [-0.2, -0.15) is 5.10 Å². The van der Waals surface area contributed by atoms with Crippen LogP contribution in [0.1, 0.15) is 17.4 Å². The molecule has 1 saturated heterocycles. The van der Waals surface area contributed by atoms with E-state index in [2.05, 4.69) is 15.5 Å². The molecular formula is C15H17N3O4. The molecule has 0 radical (unpaired) electrons. The van der Waals surface area contributed by atoms with Crippen molar-refractivity contribution in [2.45, 2.75) is 19.1 Å². The molecule has 7 heteroatoms. The number of rotatable bonds is 4. The van der Waals surface area contributed by atoms with Crippen molar-refractivity contribution in [1.82, 2.24) is 15.5 Å². The van der Waals surface area contributed by atoms with Crippen LogP contribution < -0.4 is 10.9 Å². The molecule has 0 aliphatic carbocycles. The van der Waals surface area contributed by atoms with E-state index in [1.54, 1.807) is 24.3 Å². The van der Waals surface area contributed by atoms with Gasteiger partial charge in [0.2, 0.25) is 0 Å². The van der Waals surface area contributed by atoms with Crippen molar-refractivity contribution in [3.05, 3.63) is 40.3 Å². The number of benzene rings is 1. The van der Waals surface area contributed by atoms with Gasteiger partial charge in [0.05, 0.1) is 24.6 Å². The number of nitrogens with one attached hydrogen (secondary N) is 2. The lowest BCUT2D eigenvalue weighted by molar-refractivity contribution is 0.0402. The third-order valence-corrected chi connectivity index (χ3v) is 3.64. The standard InChI is InChI=1S/C15H17N3O4/c1-2-22-12-8-21-7-11(12)16-15(20)13-9-5-3-4-6-10(9)14(19)18-17-13/h3-6,11-12H,2,7-8H2,1H3,(H,16,20)(H,18,19)/t11-,12-/m1/s1. The van der Waals surface area contributed by atoms with Crippen LogP contribution in [0.4, 0.5) is 0 Å². The van der Waals surface area contributed by atoms with E-state index in [1.165, 1.54) is 0 Å². The van der Waals surface area contributed by atoms with Crippen LogP contribution in [-0.4, -0.2) is 48.1 Å². The van der Waals surface area contributed by atoms with Gasteiger partial charge in [-0.15, -0.1) is 0 Å². The van der Waals surface area contributed by atoms with Gasteiger partial charge in [-0.05, 0) is 13.0 Å². The molecule has 0 bridgehead atoms. The number of nitrogens with zero attached hydrogens (tertiary/aromatic N) is 1. The molecule has 116 valence electrons. The lowest BCUT2D eigenvalue weighted by Gasteiger charge is -2.18. The summed E-state index contributed by atoms with van der Waals surface area (Å²) in [6, 6.07) is 6.66. The largest absolute Gasteiger partial charge is 0.376 e. The minimum atomic E-state index is -0.354. The Morgan fingerprint density at radius 2 is 2.18 bits per heavy atom. The molecule has 2 heterocycles. The first-order chi connectivity index (χ1) is 10.7. The molecule has 1 amide bonds. The number of fused-ring (bicyclic) bond motifs is 1. The lowest BCUT2D eigenvalue weighted by atomic mass is 10.1. The molecular weight excluding hydrogens is 286 g/mol. The van der Waals surface area contributed by atoms with Gasteiger partial charge in [0.25, 0.3) is 11.5 Å². The second-order valence-corrected chi connectivity index (χ2v) is 5.06. The fraction of sp³-hybridized carbons (Fsp3) is 0.400. The Labute approximate surface area is 126 Å². The van der Waals surface area contributed by atoms with Crippen LogP contribution >= 0.6 is 0 Å². The number of H-pyrrole nitrogens is 1. The highest BCUT2D eigenvalue weighted by Crippen LogP contribution is 2.14. The quantitative estimate of drug-likeness (QED) is 0.856. The Morgan fingerprint density at radius 1 is 1.41 bits per heavy atom. The lowest BCUT2D eigenvalue weighted by Crippen LogP contribution is -2.44. The molecule has 2 N–H and O–H groups in total. The molecule has 1 aliphatic rings. The Kier molecular flexibility index (Phi) is 4.17. The smallest absolute Gasteiger partial charge is 0.272 e. The van der Waals surface area contributed by atoms with E-state index in [-0.39, 0.29) is 29.3 Å². The molecule has 1 fully saturated rings. The number of carbonyl (C=O) groups is 1. The van der Waals surface area contributed by atoms with E-state index in [9.17, 15) is 9.59 Å². The van der Waals surface area contributed by atoms with Crippen molar-refractivity contribution in [1.29, 1.82) is 0 Å². The zero-order valence-corrected chi connectivity index (χ0v) is 12.2. The molecule has 7 nitrogen and oxygen atoms in total. The zero-order chi connectivity index (χ0) is 15.5. The van der Waals surface area contributed by atoms with Crippen molar-refractivity contribution < 1.29 is 14.3 Å². The molecule has 0 saturated carbocycles. The fourth-order valence-corrected chi connectivity index (χ4v) is 2.57. The highest BCUT2D eigenvalue weighted by atomic mass is 16.5. The maximum absolute atomic E-state index is 12.5. The first-order valence-electron chi connectivity index (χ1n) is 7.18. The molecule has 0 spiro atoms. The van der Waals surface area contributed by atoms with Crippen LogP contribution in [0, 0.1) is 0 Å². The van der Waals surface area contributed by atoms with Crippen molar-refractivity contribution in [3.63, 3.8) is 0 Å². The van der Waals surface area contributed by atoms with Crippen molar-refractivity contribution in [2.75, 3.05) is 19.8 Å². The molecule has 3 rings (SSSR count). The summed E-state index contributed by atoms with van der Waals surface area (Å²) in [7, 11) is 0. The number of hydrogen-bond acceptors (Lipinski definition) is 5. The maximum atomic E-state index is 12.5. The second-order valence-electron chi connectivity index (χ2n) is 5.06. The average molecular weight is 303 g/mol. The number of amides is 1. The van der Waals surface area contributed by atoms with Gasteiger partial charge in [-0.3, -0.25) is 9.59 Å². The number of ether oxygens (including phenoxy) is 2. The van der Waals surface area contributed by atoms with E-state index in [4.69, 9.17) is 9.47 Å². The van der Waals surface area contributed by atoms with E-state index in [0.717, 1.165) is 0 Å². The topological polar surface area (TPSA) is 93.3 Å². The number of aromatic nitrogens is 2. The summed E-state index contributed by atoms with van der Waals surface area (Å²) in [5, 5.41) is 10.1. The molecule has 1 aromatic heterocycles. The first-order valence-corrected chi connectivity index (χ1v) is 7.18. The Hall–Kier alpha value is -2.25. The summed E-state index contributed by atoms with van der Waals surface area (Å²) in [4.78, 5) is 24.2. The van der Waals surface area contributed by atoms with Crippen molar-refractivity contribution >= 4 is 16.7 Å². The normalized spacial score (nSPS) is 21.1. The Bertz CT molecular complexity index is 743. The molecule has 0 unspecified atom stereocenters. The predicted octanol–water partition coefficient (Wildman–Crippen LogP) is 0.457. The fourth-order valence-electron chi connectivity index (χ4n) is 2.57. The van der Waals surface area contributed by atoms with Crippen molar-refractivity contribution in [3.8, 4) is 0 Å². The third kappa shape index (κ3) is 2.72. The van der Waals surface area contributed by atoms with Crippen LogP contribution in [0.5, 0.6) is 0 Å². The Balaban J connectivity index is 1.87. The van der Waals surface area contributed by atoms with Gasteiger partial charge in [0.15, 0.2) is 5.69 Å². The van der Waals surface area contributed by atoms with Crippen LogP contribution in [0.15, 0.2) is 29.1 Å². The summed E-state index contributed by atoms with van der Waals surface area (Å²) >= 11 is 0. The minimum absolute atomic E-state index is 0.164. The number of aromatic amines is 1. The predicted molar refractivity (Wildman–Crippen MR) is 79.9 cm³/mol. The molecule has 2 atom stereocenters. The number of carbonyl (C=O) groups excluding carboxylic acids is 1. The summed E-state index contributed by atoms with van der Waals surface area (Å²) in [5.74, 6) is -0.354. The molecule has 1 aliphatic heterocycles. The summed E-state index contributed by atoms with van der Waals surface area (Å²) in [5.41, 5.74) is -0.124. The van der Waals surface area contributed by atoms with Crippen LogP contribution in [0.2, 0.25) is 0 Å². The maximum Gasteiger partial charge on any atom is 0.272 e. The van der Waals surface area contributed by atoms with Crippen molar-refractivity contribution in [2.24, 2.45) is 0 Å². The monoisotopic (exact) mass is 303 g/mol. The molecule has 22 heavy (non-hydrogen) atoms. The van der Waals surface area contributed by atoms with E-state index >= 15 is 0 Å². The van der Waals surface area contributed by atoms with Gasteiger partial charge in [-0.25, -0.2) is 5.10 Å². The van der Waals surface area contributed by atoms with Gasteiger partial charge < -0.3 is 14.8 Å². The third-order valence-electron chi connectivity index (χ3n) is 3.64. The first kappa shape index (κ1) is 14.7. The van der Waals surface area contributed by atoms with Gasteiger partial charge in [0, 0.05) is 12.0 Å².